The van der Waals surface area contributed by atoms with Crippen molar-refractivity contribution in [1.29, 1.82) is 0 Å². The maximum atomic E-state index is 13.1. The van der Waals surface area contributed by atoms with Crippen LogP contribution in [-0.4, -0.2) is 28.6 Å². The van der Waals surface area contributed by atoms with E-state index in [0.29, 0.717) is 29.4 Å². The van der Waals surface area contributed by atoms with Crippen LogP contribution < -0.4 is 20.5 Å². The van der Waals surface area contributed by atoms with Gasteiger partial charge in [0, 0.05) is 29.4 Å². The smallest absolute Gasteiger partial charge is 0.265 e. The monoisotopic (exact) mass is 431 g/mol. The minimum absolute atomic E-state index is 0.0257. The zero-order valence-corrected chi connectivity index (χ0v) is 17.4. The topological polar surface area (TPSA) is 93.5 Å². The van der Waals surface area contributed by atoms with Crippen LogP contribution in [0.25, 0.3) is 11.1 Å². The van der Waals surface area contributed by atoms with Crippen molar-refractivity contribution in [2.24, 2.45) is 5.73 Å². The Labute approximate surface area is 175 Å². The minimum atomic E-state index is -3.91. The minimum Gasteiger partial charge on any atom is -0.495 e. The van der Waals surface area contributed by atoms with Gasteiger partial charge in [0.25, 0.3) is 10.0 Å². The van der Waals surface area contributed by atoms with Crippen LogP contribution in [0.15, 0.2) is 71.6 Å². The summed E-state index contributed by atoms with van der Waals surface area (Å²) in [4.78, 5) is 0.0257. The van der Waals surface area contributed by atoms with E-state index in [-0.39, 0.29) is 10.6 Å². The van der Waals surface area contributed by atoms with Crippen LogP contribution in [-0.2, 0) is 10.0 Å². The first-order valence-corrected chi connectivity index (χ1v) is 10.8. The molecular weight excluding hydrogens is 410 g/mol. The number of ether oxygens (including phenoxy) is 1. The second kappa shape index (κ2) is 9.17. The van der Waals surface area contributed by atoms with Crippen molar-refractivity contribution in [3.05, 3.63) is 71.8 Å². The van der Waals surface area contributed by atoms with E-state index < -0.39 is 10.0 Å². The third-order valence-corrected chi connectivity index (χ3v) is 5.96. The Balaban J connectivity index is 1.98. The molecule has 0 saturated heterocycles. The van der Waals surface area contributed by atoms with Crippen molar-refractivity contribution in [3.63, 3.8) is 0 Å². The van der Waals surface area contributed by atoms with Gasteiger partial charge in [0.15, 0.2) is 0 Å². The average molecular weight is 432 g/mol. The molecule has 0 radical (unpaired) electrons. The molecular formula is C21H22ClN3O3S. The first-order valence-electron chi connectivity index (χ1n) is 8.94. The standard InChI is InChI=1S/C21H22ClN3O3S/c1-28-20-10-9-15(18-7-2-3-8-19(18)22)13-21(20)29(26,27)25-17-6-4-5-16(14-17)24-12-11-23/h2-10,13-14,24-25H,11-12,23H2,1H3. The van der Waals surface area contributed by atoms with Gasteiger partial charge in [-0.25, -0.2) is 8.42 Å². The number of hydrogen-bond acceptors (Lipinski definition) is 5. The number of rotatable bonds is 8. The zero-order valence-electron chi connectivity index (χ0n) is 15.9. The number of halogens is 1. The fraction of sp³-hybridized carbons (Fsp3) is 0.143. The molecule has 0 aliphatic rings. The van der Waals surface area contributed by atoms with Crippen LogP contribution >= 0.6 is 11.6 Å². The van der Waals surface area contributed by atoms with E-state index in [1.165, 1.54) is 7.11 Å². The lowest BCUT2D eigenvalue weighted by Gasteiger charge is -2.14. The quantitative estimate of drug-likeness (QED) is 0.497. The van der Waals surface area contributed by atoms with Crippen LogP contribution in [0.1, 0.15) is 0 Å². The van der Waals surface area contributed by atoms with Crippen LogP contribution in [0.5, 0.6) is 5.75 Å². The lowest BCUT2D eigenvalue weighted by Crippen LogP contribution is -2.15. The maximum absolute atomic E-state index is 13.1. The van der Waals surface area contributed by atoms with Gasteiger partial charge in [0.05, 0.1) is 12.8 Å². The van der Waals surface area contributed by atoms with Crippen molar-refractivity contribution < 1.29 is 13.2 Å². The van der Waals surface area contributed by atoms with Gasteiger partial charge in [-0.2, -0.15) is 0 Å². The average Bonchev–Trinajstić information content (AvgIpc) is 2.72. The van der Waals surface area contributed by atoms with Crippen LogP contribution in [0.4, 0.5) is 11.4 Å². The molecule has 0 bridgehead atoms. The molecule has 0 aliphatic heterocycles. The van der Waals surface area contributed by atoms with Crippen molar-refractivity contribution >= 4 is 33.0 Å². The fourth-order valence-electron chi connectivity index (χ4n) is 2.87. The predicted molar refractivity (Wildman–Crippen MR) is 118 cm³/mol. The van der Waals surface area contributed by atoms with E-state index >= 15 is 0 Å². The fourth-order valence-corrected chi connectivity index (χ4v) is 4.36. The number of sulfonamides is 1. The molecule has 4 N–H and O–H groups in total. The second-order valence-corrected chi connectivity index (χ2v) is 8.31. The molecule has 0 spiro atoms. The molecule has 3 aromatic rings. The highest BCUT2D eigenvalue weighted by molar-refractivity contribution is 7.92. The lowest BCUT2D eigenvalue weighted by molar-refractivity contribution is 0.403. The van der Waals surface area contributed by atoms with Gasteiger partial charge in [-0.15, -0.1) is 0 Å². The molecule has 0 saturated carbocycles. The summed E-state index contributed by atoms with van der Waals surface area (Å²) in [5.41, 5.74) is 8.11. The molecule has 6 nitrogen and oxygen atoms in total. The van der Waals surface area contributed by atoms with E-state index in [0.717, 1.165) is 11.3 Å². The van der Waals surface area contributed by atoms with Gasteiger partial charge in [0.1, 0.15) is 10.6 Å². The van der Waals surface area contributed by atoms with Crippen molar-refractivity contribution in [2.45, 2.75) is 4.90 Å². The van der Waals surface area contributed by atoms with Crippen molar-refractivity contribution in [2.75, 3.05) is 30.2 Å². The summed E-state index contributed by atoms with van der Waals surface area (Å²) in [5, 5.41) is 3.66. The third kappa shape index (κ3) is 5.00. The van der Waals surface area contributed by atoms with Gasteiger partial charge < -0.3 is 15.8 Å². The summed E-state index contributed by atoms with van der Waals surface area (Å²) in [7, 11) is -2.48. The molecule has 0 fully saturated rings. The molecule has 0 unspecified atom stereocenters. The Kier molecular flexibility index (Phi) is 6.64. The molecule has 3 aromatic carbocycles. The Hall–Kier alpha value is -2.74. The molecule has 0 aromatic heterocycles. The lowest BCUT2D eigenvalue weighted by atomic mass is 10.1. The van der Waals surface area contributed by atoms with Gasteiger partial charge in [0.2, 0.25) is 0 Å². The Morgan fingerprint density at radius 3 is 2.48 bits per heavy atom. The number of hydrogen-bond donors (Lipinski definition) is 3. The summed E-state index contributed by atoms with van der Waals surface area (Å²) in [5.74, 6) is 0.241. The number of nitrogens with two attached hydrogens (primary N) is 1. The summed E-state index contributed by atoms with van der Waals surface area (Å²) in [6.07, 6.45) is 0. The first kappa shape index (κ1) is 21.0. The van der Waals surface area contributed by atoms with Gasteiger partial charge in [-0.1, -0.05) is 41.9 Å². The summed E-state index contributed by atoms with van der Waals surface area (Å²) in [6.45, 7) is 1.06. The predicted octanol–water partition coefficient (Wildman–Crippen LogP) is 4.19. The van der Waals surface area contributed by atoms with Crippen LogP contribution in [0, 0.1) is 0 Å². The number of benzene rings is 3. The van der Waals surface area contributed by atoms with E-state index in [4.69, 9.17) is 22.1 Å². The summed E-state index contributed by atoms with van der Waals surface area (Å²) in [6, 6.07) is 19.2. The van der Waals surface area contributed by atoms with E-state index in [2.05, 4.69) is 10.0 Å². The summed E-state index contributed by atoms with van der Waals surface area (Å²) >= 11 is 6.28. The van der Waals surface area contributed by atoms with Crippen LogP contribution in [0.2, 0.25) is 5.02 Å². The number of anilines is 2. The number of nitrogens with one attached hydrogen (secondary N) is 2. The van der Waals surface area contributed by atoms with Crippen molar-refractivity contribution in [3.8, 4) is 16.9 Å². The van der Waals surface area contributed by atoms with Crippen LogP contribution in [0.3, 0.4) is 0 Å². The molecule has 3 rings (SSSR count). The van der Waals surface area contributed by atoms with E-state index in [1.54, 1.807) is 42.5 Å². The highest BCUT2D eigenvalue weighted by Gasteiger charge is 2.21. The SMILES string of the molecule is COc1ccc(-c2ccccc2Cl)cc1S(=O)(=O)Nc1cccc(NCCN)c1. The molecule has 0 atom stereocenters. The number of methoxy groups -OCH3 is 1. The molecule has 0 amide bonds. The van der Waals surface area contributed by atoms with Gasteiger partial charge >= 0.3 is 0 Å². The van der Waals surface area contributed by atoms with E-state index in [9.17, 15) is 8.42 Å². The molecule has 152 valence electrons. The van der Waals surface area contributed by atoms with Gasteiger partial charge in [-0.3, -0.25) is 4.72 Å². The Morgan fingerprint density at radius 1 is 1.00 bits per heavy atom. The molecule has 29 heavy (non-hydrogen) atoms. The highest BCUT2D eigenvalue weighted by Crippen LogP contribution is 2.34. The van der Waals surface area contributed by atoms with E-state index in [1.807, 2.05) is 24.3 Å². The highest BCUT2D eigenvalue weighted by atomic mass is 35.5. The maximum Gasteiger partial charge on any atom is 0.265 e. The Morgan fingerprint density at radius 2 is 1.76 bits per heavy atom. The molecule has 0 heterocycles. The Bertz CT molecular complexity index is 1100. The second-order valence-electron chi connectivity index (χ2n) is 6.25. The third-order valence-electron chi connectivity index (χ3n) is 4.23. The summed E-state index contributed by atoms with van der Waals surface area (Å²) < 4.78 is 34.1. The first-order chi connectivity index (χ1) is 13.9. The van der Waals surface area contributed by atoms with Crippen molar-refractivity contribution in [1.82, 2.24) is 0 Å². The molecule has 0 aliphatic carbocycles. The normalized spacial score (nSPS) is 11.1. The zero-order chi connectivity index (χ0) is 20.9. The molecule has 8 heteroatoms. The largest absolute Gasteiger partial charge is 0.495 e. The van der Waals surface area contributed by atoms with Gasteiger partial charge in [-0.05, 0) is 42.0 Å².